The summed E-state index contributed by atoms with van der Waals surface area (Å²) in [5.41, 5.74) is 9.84. The number of carbonyl (C=O) groups is 1. The van der Waals surface area contributed by atoms with Crippen molar-refractivity contribution in [2.75, 3.05) is 5.73 Å². The van der Waals surface area contributed by atoms with E-state index in [0.29, 0.717) is 11.9 Å². The Kier molecular flexibility index (Phi) is 4.85. The van der Waals surface area contributed by atoms with Gasteiger partial charge in [-0.3, -0.25) is 4.79 Å². The van der Waals surface area contributed by atoms with Crippen molar-refractivity contribution in [1.82, 2.24) is 19.9 Å². The molecule has 0 bridgehead atoms. The standard InChI is InChI=1S/C25H27N5O/c1-15(2)30-13-21(22-23(26)27-14-28-24(22)30)17-10-11-19-16(12-17)6-5-9-20(19)25(31)29-18-7-3-4-8-18/h5-6,9-15,18H,3-4,7-8H2,1-2H3,(H,29,31)(H2,26,27,28). The molecular weight excluding hydrogens is 386 g/mol. The number of amides is 1. The second kappa shape index (κ2) is 7.69. The molecule has 0 unspecified atom stereocenters. The van der Waals surface area contributed by atoms with Gasteiger partial charge in [0, 0.05) is 29.4 Å². The lowest BCUT2D eigenvalue weighted by molar-refractivity contribution is 0.0939. The maximum Gasteiger partial charge on any atom is 0.252 e. The first-order chi connectivity index (χ1) is 15.0. The maximum absolute atomic E-state index is 12.9. The Hall–Kier alpha value is -3.41. The van der Waals surface area contributed by atoms with E-state index in [4.69, 9.17) is 5.73 Å². The third kappa shape index (κ3) is 3.42. The van der Waals surface area contributed by atoms with Crippen molar-refractivity contribution < 1.29 is 4.79 Å². The van der Waals surface area contributed by atoms with E-state index in [1.54, 1.807) is 0 Å². The van der Waals surface area contributed by atoms with Crippen molar-refractivity contribution in [2.24, 2.45) is 0 Å². The van der Waals surface area contributed by atoms with Gasteiger partial charge in [0.2, 0.25) is 0 Å². The van der Waals surface area contributed by atoms with Gasteiger partial charge in [-0.15, -0.1) is 0 Å². The van der Waals surface area contributed by atoms with Gasteiger partial charge >= 0.3 is 0 Å². The molecule has 3 N–H and O–H groups in total. The fraction of sp³-hybridized carbons (Fsp3) is 0.320. The Morgan fingerprint density at radius 3 is 2.74 bits per heavy atom. The minimum atomic E-state index is 0.0132. The number of hydrogen-bond acceptors (Lipinski definition) is 4. The van der Waals surface area contributed by atoms with Gasteiger partial charge < -0.3 is 15.6 Å². The lowest BCUT2D eigenvalue weighted by Crippen LogP contribution is -2.32. The SMILES string of the molecule is CC(C)n1cc(-c2ccc3c(C(=O)NC4CCCC4)cccc3c2)c2c(N)ncnc21. The number of fused-ring (bicyclic) bond motifs is 2. The van der Waals surface area contributed by atoms with E-state index in [9.17, 15) is 4.79 Å². The molecule has 1 fully saturated rings. The summed E-state index contributed by atoms with van der Waals surface area (Å²) in [7, 11) is 0. The highest BCUT2D eigenvalue weighted by molar-refractivity contribution is 6.09. The first-order valence-electron chi connectivity index (χ1n) is 11.0. The van der Waals surface area contributed by atoms with Crippen LogP contribution in [0.1, 0.15) is 55.9 Å². The smallest absolute Gasteiger partial charge is 0.252 e. The Bertz CT molecular complexity index is 1280. The predicted molar refractivity (Wildman–Crippen MR) is 125 cm³/mol. The van der Waals surface area contributed by atoms with Crippen LogP contribution >= 0.6 is 0 Å². The van der Waals surface area contributed by atoms with E-state index in [1.807, 2.05) is 24.3 Å². The van der Waals surface area contributed by atoms with E-state index in [1.165, 1.54) is 19.2 Å². The molecule has 4 aromatic rings. The average Bonchev–Trinajstić information content (AvgIpc) is 3.41. The molecule has 2 aromatic heterocycles. The third-order valence-corrected chi connectivity index (χ3v) is 6.32. The lowest BCUT2D eigenvalue weighted by atomic mass is 9.98. The first-order valence-corrected chi connectivity index (χ1v) is 11.0. The minimum absolute atomic E-state index is 0.0132. The second-order valence-corrected chi connectivity index (χ2v) is 8.70. The fourth-order valence-corrected chi connectivity index (χ4v) is 4.70. The van der Waals surface area contributed by atoms with Gasteiger partial charge in [-0.2, -0.15) is 0 Å². The molecule has 1 amide bonds. The summed E-state index contributed by atoms with van der Waals surface area (Å²) < 4.78 is 2.12. The van der Waals surface area contributed by atoms with Crippen LogP contribution in [0.3, 0.4) is 0 Å². The number of benzene rings is 2. The largest absolute Gasteiger partial charge is 0.383 e. The summed E-state index contributed by atoms with van der Waals surface area (Å²) in [6.45, 7) is 4.24. The molecule has 1 aliphatic rings. The van der Waals surface area contributed by atoms with Crippen molar-refractivity contribution in [2.45, 2.75) is 51.6 Å². The summed E-state index contributed by atoms with van der Waals surface area (Å²) in [6.07, 6.45) is 8.14. The summed E-state index contributed by atoms with van der Waals surface area (Å²) in [5, 5.41) is 6.05. The molecule has 0 aliphatic heterocycles. The maximum atomic E-state index is 12.9. The van der Waals surface area contributed by atoms with Crippen molar-refractivity contribution in [1.29, 1.82) is 0 Å². The van der Waals surface area contributed by atoms with E-state index < -0.39 is 0 Å². The Balaban J connectivity index is 1.59. The van der Waals surface area contributed by atoms with Crippen LogP contribution in [0.15, 0.2) is 48.9 Å². The molecule has 1 aliphatic carbocycles. The number of aromatic nitrogens is 3. The Labute approximate surface area is 181 Å². The number of rotatable bonds is 4. The van der Waals surface area contributed by atoms with Crippen molar-refractivity contribution in [3.8, 4) is 11.1 Å². The molecule has 0 radical (unpaired) electrons. The lowest BCUT2D eigenvalue weighted by Gasteiger charge is -2.14. The second-order valence-electron chi connectivity index (χ2n) is 8.70. The Morgan fingerprint density at radius 2 is 1.97 bits per heavy atom. The van der Waals surface area contributed by atoms with Crippen LogP contribution in [0.5, 0.6) is 0 Å². The third-order valence-electron chi connectivity index (χ3n) is 6.32. The van der Waals surface area contributed by atoms with Gasteiger partial charge in [0.25, 0.3) is 5.91 Å². The van der Waals surface area contributed by atoms with Crippen LogP contribution in [-0.2, 0) is 0 Å². The first kappa shape index (κ1) is 19.5. The van der Waals surface area contributed by atoms with Crippen LogP contribution in [0.2, 0.25) is 0 Å². The highest BCUT2D eigenvalue weighted by Gasteiger charge is 2.20. The van der Waals surface area contributed by atoms with Crippen LogP contribution in [0.25, 0.3) is 32.9 Å². The van der Waals surface area contributed by atoms with Gasteiger partial charge in [0.1, 0.15) is 17.8 Å². The molecule has 0 atom stereocenters. The molecule has 6 nitrogen and oxygen atoms in total. The monoisotopic (exact) mass is 413 g/mol. The number of anilines is 1. The number of nitrogen functional groups attached to an aromatic ring is 1. The Morgan fingerprint density at radius 1 is 1.16 bits per heavy atom. The number of nitrogens with zero attached hydrogens (tertiary/aromatic N) is 3. The van der Waals surface area contributed by atoms with Crippen LogP contribution in [0, 0.1) is 0 Å². The molecular formula is C25H27N5O. The van der Waals surface area contributed by atoms with Crippen molar-refractivity contribution in [3.05, 3.63) is 54.5 Å². The molecule has 2 aromatic carbocycles. The minimum Gasteiger partial charge on any atom is -0.383 e. The summed E-state index contributed by atoms with van der Waals surface area (Å²) in [5.74, 6) is 0.489. The molecule has 0 spiro atoms. The van der Waals surface area contributed by atoms with Crippen molar-refractivity contribution in [3.63, 3.8) is 0 Å². The molecule has 2 heterocycles. The summed E-state index contributed by atoms with van der Waals surface area (Å²) in [4.78, 5) is 21.6. The van der Waals surface area contributed by atoms with Crippen LogP contribution < -0.4 is 11.1 Å². The van der Waals surface area contributed by atoms with Gasteiger partial charge in [-0.1, -0.05) is 37.1 Å². The van der Waals surface area contributed by atoms with Crippen molar-refractivity contribution >= 4 is 33.5 Å². The average molecular weight is 414 g/mol. The van der Waals surface area contributed by atoms with Gasteiger partial charge in [0.15, 0.2) is 0 Å². The van der Waals surface area contributed by atoms with Gasteiger partial charge in [-0.25, -0.2) is 9.97 Å². The number of hydrogen-bond donors (Lipinski definition) is 2. The molecule has 0 saturated heterocycles. The number of nitrogens with two attached hydrogens (primary N) is 1. The zero-order chi connectivity index (χ0) is 21.5. The van der Waals surface area contributed by atoms with Crippen LogP contribution in [0.4, 0.5) is 5.82 Å². The summed E-state index contributed by atoms with van der Waals surface area (Å²) in [6, 6.07) is 12.7. The molecule has 158 valence electrons. The molecule has 1 saturated carbocycles. The zero-order valence-electron chi connectivity index (χ0n) is 17.9. The fourth-order valence-electron chi connectivity index (χ4n) is 4.70. The topological polar surface area (TPSA) is 85.8 Å². The van der Waals surface area contributed by atoms with Gasteiger partial charge in [0.05, 0.1) is 5.39 Å². The summed E-state index contributed by atoms with van der Waals surface area (Å²) >= 11 is 0. The highest BCUT2D eigenvalue weighted by atomic mass is 16.1. The normalized spacial score (nSPS) is 14.7. The predicted octanol–water partition coefficient (Wildman–Crippen LogP) is 5.09. The van der Waals surface area contributed by atoms with E-state index in [0.717, 1.165) is 51.3 Å². The van der Waals surface area contributed by atoms with Crippen LogP contribution in [-0.4, -0.2) is 26.5 Å². The highest BCUT2D eigenvalue weighted by Crippen LogP contribution is 2.36. The molecule has 6 heteroatoms. The number of carbonyl (C=O) groups excluding carboxylic acids is 1. The number of nitrogens with one attached hydrogen (secondary N) is 1. The quantitative estimate of drug-likeness (QED) is 0.488. The van der Waals surface area contributed by atoms with Gasteiger partial charge in [-0.05, 0) is 55.2 Å². The van der Waals surface area contributed by atoms with E-state index >= 15 is 0 Å². The molecule has 31 heavy (non-hydrogen) atoms. The van der Waals surface area contributed by atoms with E-state index in [2.05, 4.69) is 52.0 Å². The zero-order valence-corrected chi connectivity index (χ0v) is 17.9. The molecule has 5 rings (SSSR count). The van der Waals surface area contributed by atoms with E-state index in [-0.39, 0.29) is 11.9 Å².